The molecule has 0 amide bonds. The third kappa shape index (κ3) is 1.94. The number of rotatable bonds is 1. The number of ether oxygens (including phenoxy) is 1. The Morgan fingerprint density at radius 3 is 3.05 bits per heavy atom. The zero-order valence-electron chi connectivity index (χ0n) is 10.5. The van der Waals surface area contributed by atoms with Gasteiger partial charge in [0.25, 0.3) is 0 Å². The van der Waals surface area contributed by atoms with Crippen LogP contribution in [0, 0.1) is 5.92 Å². The van der Waals surface area contributed by atoms with Crippen molar-refractivity contribution in [1.29, 1.82) is 0 Å². The molecule has 2 aliphatic rings. The second kappa shape index (κ2) is 4.29. The van der Waals surface area contributed by atoms with Crippen LogP contribution in [0.4, 0.5) is 0 Å². The number of carbonyl (C=O) groups is 1. The van der Waals surface area contributed by atoms with E-state index in [1.165, 1.54) is 20.5 Å². The summed E-state index contributed by atoms with van der Waals surface area (Å²) in [6.07, 6.45) is 3.57. The van der Waals surface area contributed by atoms with Gasteiger partial charge in [-0.2, -0.15) is 0 Å². The summed E-state index contributed by atoms with van der Waals surface area (Å²) in [5, 5.41) is 1.29. The van der Waals surface area contributed by atoms with Crippen molar-refractivity contribution >= 4 is 27.2 Å². The number of thiophene rings is 1. The van der Waals surface area contributed by atoms with E-state index in [9.17, 15) is 4.79 Å². The summed E-state index contributed by atoms with van der Waals surface area (Å²) < 4.78 is 7.26. The van der Waals surface area contributed by atoms with Crippen molar-refractivity contribution in [3.05, 3.63) is 46.9 Å². The van der Waals surface area contributed by atoms with Gasteiger partial charge in [-0.25, -0.2) is 0 Å². The zero-order valence-corrected chi connectivity index (χ0v) is 11.3. The normalized spacial score (nSPS) is 26.5. The van der Waals surface area contributed by atoms with Gasteiger partial charge in [0.1, 0.15) is 0 Å². The first-order chi connectivity index (χ1) is 9.29. The second-order valence-corrected chi connectivity index (χ2v) is 6.42. The average molecular weight is 270 g/mol. The van der Waals surface area contributed by atoms with E-state index in [1.807, 2.05) is 11.3 Å². The Balaban J connectivity index is 1.63. The van der Waals surface area contributed by atoms with E-state index in [0.29, 0.717) is 18.9 Å². The van der Waals surface area contributed by atoms with Crippen LogP contribution in [0.3, 0.4) is 0 Å². The Bertz CT molecular complexity index is 650. The maximum Gasteiger partial charge on any atom is 0.156 e. The van der Waals surface area contributed by atoms with E-state index >= 15 is 0 Å². The molecule has 1 fully saturated rings. The van der Waals surface area contributed by atoms with Crippen LogP contribution in [0.15, 0.2) is 42.0 Å². The van der Waals surface area contributed by atoms with Crippen LogP contribution in [-0.2, 0) is 9.53 Å². The molecule has 1 aliphatic carbocycles. The molecule has 4 rings (SSSR count). The fourth-order valence-corrected chi connectivity index (χ4v) is 4.16. The summed E-state index contributed by atoms with van der Waals surface area (Å²) in [6, 6.07) is 10.7. The molecule has 0 radical (unpaired) electrons. The first-order valence-electron chi connectivity index (χ1n) is 6.63. The van der Waals surface area contributed by atoms with E-state index in [1.54, 1.807) is 6.08 Å². The fourth-order valence-electron chi connectivity index (χ4n) is 3.03. The third-order valence-corrected chi connectivity index (χ3v) is 5.24. The Labute approximate surface area is 115 Å². The van der Waals surface area contributed by atoms with Crippen molar-refractivity contribution < 1.29 is 9.53 Å². The van der Waals surface area contributed by atoms with Gasteiger partial charge in [-0.1, -0.05) is 18.2 Å². The minimum atomic E-state index is 0.158. The molecule has 2 heterocycles. The lowest BCUT2D eigenvalue weighted by Crippen LogP contribution is -2.19. The topological polar surface area (TPSA) is 26.3 Å². The Morgan fingerprint density at radius 2 is 2.16 bits per heavy atom. The number of allylic oxidation sites excluding steroid dienone is 1. The van der Waals surface area contributed by atoms with Crippen molar-refractivity contribution in [2.24, 2.45) is 5.92 Å². The molecule has 2 atom stereocenters. The fraction of sp³-hybridized carbons (Fsp3) is 0.312. The highest BCUT2D eigenvalue weighted by Gasteiger charge is 2.33. The SMILES string of the molecule is O=C1C=C2COC(c3cc4ccccc4s3)CC2C1. The van der Waals surface area contributed by atoms with Gasteiger partial charge in [-0.05, 0) is 41.5 Å². The molecular weight excluding hydrogens is 256 g/mol. The molecule has 1 aliphatic heterocycles. The van der Waals surface area contributed by atoms with Gasteiger partial charge in [-0.3, -0.25) is 4.79 Å². The minimum Gasteiger partial charge on any atom is -0.368 e. The van der Waals surface area contributed by atoms with Crippen LogP contribution >= 0.6 is 11.3 Å². The largest absolute Gasteiger partial charge is 0.368 e. The third-order valence-electron chi connectivity index (χ3n) is 4.03. The second-order valence-electron chi connectivity index (χ2n) is 5.31. The summed E-state index contributed by atoms with van der Waals surface area (Å²) in [5.41, 5.74) is 1.20. The summed E-state index contributed by atoms with van der Waals surface area (Å²) in [7, 11) is 0. The quantitative estimate of drug-likeness (QED) is 0.786. The van der Waals surface area contributed by atoms with Gasteiger partial charge in [0.2, 0.25) is 0 Å². The molecule has 0 bridgehead atoms. The molecule has 1 aromatic heterocycles. The Kier molecular flexibility index (Phi) is 2.57. The summed E-state index contributed by atoms with van der Waals surface area (Å²) in [6.45, 7) is 0.620. The molecule has 0 spiro atoms. The van der Waals surface area contributed by atoms with Crippen LogP contribution in [-0.4, -0.2) is 12.4 Å². The van der Waals surface area contributed by atoms with Crippen LogP contribution < -0.4 is 0 Å². The van der Waals surface area contributed by atoms with Crippen molar-refractivity contribution in [3.8, 4) is 0 Å². The standard InChI is InChI=1S/C16H14O2S/c17-13-5-11-7-14(18-9-12(11)6-13)16-8-10-3-1-2-4-15(10)19-16/h1-4,6,8,11,14H,5,7,9H2. The minimum absolute atomic E-state index is 0.158. The summed E-state index contributed by atoms with van der Waals surface area (Å²) in [5.74, 6) is 0.678. The molecule has 1 saturated heterocycles. The van der Waals surface area contributed by atoms with Gasteiger partial charge < -0.3 is 4.74 Å². The van der Waals surface area contributed by atoms with E-state index < -0.39 is 0 Å². The van der Waals surface area contributed by atoms with E-state index in [2.05, 4.69) is 30.3 Å². The number of benzene rings is 1. The number of ketones is 1. The van der Waals surface area contributed by atoms with E-state index in [-0.39, 0.29) is 11.9 Å². The van der Waals surface area contributed by atoms with Crippen LogP contribution in [0.1, 0.15) is 23.8 Å². The molecule has 3 heteroatoms. The first-order valence-corrected chi connectivity index (χ1v) is 7.44. The van der Waals surface area contributed by atoms with Gasteiger partial charge in [0.15, 0.2) is 5.78 Å². The predicted octanol–water partition coefficient (Wildman–Crippen LogP) is 3.88. The monoisotopic (exact) mass is 270 g/mol. The molecule has 2 unspecified atom stereocenters. The molecule has 0 N–H and O–H groups in total. The maximum absolute atomic E-state index is 11.5. The smallest absolute Gasteiger partial charge is 0.156 e. The highest BCUT2D eigenvalue weighted by Crippen LogP contribution is 2.42. The van der Waals surface area contributed by atoms with Crippen molar-refractivity contribution in [3.63, 3.8) is 0 Å². The lowest BCUT2D eigenvalue weighted by Gasteiger charge is -2.28. The van der Waals surface area contributed by atoms with Crippen molar-refractivity contribution in [1.82, 2.24) is 0 Å². The van der Waals surface area contributed by atoms with E-state index in [0.717, 1.165) is 6.42 Å². The number of hydrogen-bond donors (Lipinski definition) is 0. The summed E-state index contributed by atoms with van der Waals surface area (Å²) in [4.78, 5) is 12.8. The molecule has 96 valence electrons. The van der Waals surface area contributed by atoms with Gasteiger partial charge in [-0.15, -0.1) is 11.3 Å². The number of carbonyl (C=O) groups excluding carboxylic acids is 1. The summed E-state index contributed by atoms with van der Waals surface area (Å²) >= 11 is 1.81. The predicted molar refractivity (Wildman–Crippen MR) is 76.3 cm³/mol. The Morgan fingerprint density at radius 1 is 1.26 bits per heavy atom. The molecule has 2 aromatic rings. The van der Waals surface area contributed by atoms with Gasteiger partial charge >= 0.3 is 0 Å². The van der Waals surface area contributed by atoms with Gasteiger partial charge in [0, 0.05) is 16.0 Å². The molecule has 19 heavy (non-hydrogen) atoms. The molecule has 2 nitrogen and oxygen atoms in total. The van der Waals surface area contributed by atoms with Crippen LogP contribution in [0.5, 0.6) is 0 Å². The average Bonchev–Trinajstić information content (AvgIpc) is 2.99. The first kappa shape index (κ1) is 11.4. The Hall–Kier alpha value is -1.45. The number of hydrogen-bond acceptors (Lipinski definition) is 3. The molecule has 1 aromatic carbocycles. The highest BCUT2D eigenvalue weighted by atomic mass is 32.1. The maximum atomic E-state index is 11.5. The van der Waals surface area contributed by atoms with Crippen LogP contribution in [0.2, 0.25) is 0 Å². The molecular formula is C16H14O2S. The van der Waals surface area contributed by atoms with Crippen molar-refractivity contribution in [2.75, 3.05) is 6.61 Å². The molecule has 0 saturated carbocycles. The van der Waals surface area contributed by atoms with E-state index in [4.69, 9.17) is 4.74 Å². The van der Waals surface area contributed by atoms with Crippen LogP contribution in [0.25, 0.3) is 10.1 Å². The zero-order chi connectivity index (χ0) is 12.8. The van der Waals surface area contributed by atoms with Gasteiger partial charge in [0.05, 0.1) is 12.7 Å². The lowest BCUT2D eigenvalue weighted by molar-refractivity contribution is -0.114. The highest BCUT2D eigenvalue weighted by molar-refractivity contribution is 7.19. The lowest BCUT2D eigenvalue weighted by atomic mass is 9.92. The number of fused-ring (bicyclic) bond motifs is 2. The van der Waals surface area contributed by atoms with Crippen molar-refractivity contribution in [2.45, 2.75) is 18.9 Å².